The predicted molar refractivity (Wildman–Crippen MR) is 61.1 cm³/mol. The minimum atomic E-state index is -3.43. The monoisotopic (exact) mass is 259 g/mol. The highest BCUT2D eigenvalue weighted by atomic mass is 35.5. The Morgan fingerprint density at radius 2 is 1.94 bits per heavy atom. The number of hydrogen-bond donors (Lipinski definition) is 0. The van der Waals surface area contributed by atoms with Gasteiger partial charge in [-0.2, -0.15) is 0 Å². The zero-order valence-corrected chi connectivity index (χ0v) is 10.1. The third kappa shape index (κ3) is 3.45. The molecule has 16 heavy (non-hydrogen) atoms. The molecule has 86 valence electrons. The van der Waals surface area contributed by atoms with E-state index < -0.39 is 15.9 Å². The molecule has 0 spiro atoms. The van der Waals surface area contributed by atoms with E-state index in [1.54, 1.807) is 6.92 Å². The molecule has 0 fully saturated rings. The Morgan fingerprint density at radius 3 is 2.44 bits per heavy atom. The molecule has 1 aromatic carbocycles. The molecule has 1 unspecified atom stereocenters. The first kappa shape index (κ1) is 12.9. The van der Waals surface area contributed by atoms with E-state index in [4.69, 9.17) is 11.6 Å². The largest absolute Gasteiger partial charge is 0.235 e. The lowest BCUT2D eigenvalue weighted by Gasteiger charge is -2.06. The van der Waals surface area contributed by atoms with E-state index in [9.17, 15) is 13.2 Å². The van der Waals surface area contributed by atoms with Crippen molar-refractivity contribution in [2.45, 2.75) is 17.9 Å². The number of nitrogens with zero attached hydrogens (tertiary/aromatic N) is 1. The smallest absolute Gasteiger partial charge is 0.224 e. The van der Waals surface area contributed by atoms with Crippen LogP contribution in [0.3, 0.4) is 0 Å². The second kappa shape index (κ2) is 5.25. The fraction of sp³-hybridized carbons (Fsp3) is 0.300. The van der Waals surface area contributed by atoms with E-state index in [1.165, 1.54) is 30.3 Å². The molecule has 0 radical (unpaired) electrons. The minimum Gasteiger partial charge on any atom is -0.224 e. The Labute approximate surface area is 98.9 Å². The third-order valence-corrected chi connectivity index (χ3v) is 4.07. The van der Waals surface area contributed by atoms with Gasteiger partial charge in [0.15, 0.2) is 9.84 Å². The number of rotatable bonds is 4. The molecule has 0 saturated carbocycles. The van der Waals surface area contributed by atoms with Crippen LogP contribution in [0.4, 0.5) is 0 Å². The maximum absolute atomic E-state index is 11.8. The van der Waals surface area contributed by atoms with Crippen LogP contribution in [-0.2, 0) is 14.6 Å². The van der Waals surface area contributed by atoms with Crippen molar-refractivity contribution in [3.05, 3.63) is 29.3 Å². The summed E-state index contributed by atoms with van der Waals surface area (Å²) in [5.41, 5.74) is 0. The first-order valence-electron chi connectivity index (χ1n) is 4.51. The molecule has 0 aliphatic carbocycles. The standard InChI is InChI=1S/C10H10ClNO3S/c1-8(12-7-13)6-16(14,15)10-4-2-9(11)3-5-10/h2-5,8H,6H2,1H3. The molecule has 6 heteroatoms. The van der Waals surface area contributed by atoms with Crippen LogP contribution in [0.15, 0.2) is 34.2 Å². The lowest BCUT2D eigenvalue weighted by molar-refractivity contribution is 0.559. The van der Waals surface area contributed by atoms with Crippen LogP contribution in [0.1, 0.15) is 6.92 Å². The summed E-state index contributed by atoms with van der Waals surface area (Å²) in [7, 11) is -3.43. The lowest BCUT2D eigenvalue weighted by atomic mass is 10.4. The van der Waals surface area contributed by atoms with Gasteiger partial charge in [-0.25, -0.2) is 18.2 Å². The Bertz CT molecular complexity index is 503. The average molecular weight is 260 g/mol. The van der Waals surface area contributed by atoms with Gasteiger partial charge in [0.25, 0.3) is 0 Å². The van der Waals surface area contributed by atoms with Crippen LogP contribution in [0.5, 0.6) is 0 Å². The molecular weight excluding hydrogens is 250 g/mol. The summed E-state index contributed by atoms with van der Waals surface area (Å²) >= 11 is 5.65. The van der Waals surface area contributed by atoms with Gasteiger partial charge in [0.2, 0.25) is 6.08 Å². The highest BCUT2D eigenvalue weighted by molar-refractivity contribution is 7.91. The number of sulfone groups is 1. The molecule has 0 aliphatic heterocycles. The molecule has 1 atom stereocenters. The van der Waals surface area contributed by atoms with Crippen molar-refractivity contribution in [1.82, 2.24) is 0 Å². The lowest BCUT2D eigenvalue weighted by Crippen LogP contribution is -2.16. The van der Waals surface area contributed by atoms with E-state index in [-0.39, 0.29) is 10.6 Å². The molecule has 0 N–H and O–H groups in total. The number of halogens is 1. The maximum atomic E-state index is 11.8. The Hall–Kier alpha value is -1.16. The minimum absolute atomic E-state index is 0.171. The van der Waals surface area contributed by atoms with Crippen molar-refractivity contribution in [1.29, 1.82) is 0 Å². The molecule has 0 aromatic heterocycles. The predicted octanol–water partition coefficient (Wildman–Crippen LogP) is 1.84. The Balaban J connectivity index is 2.94. The Kier molecular flexibility index (Phi) is 4.24. The van der Waals surface area contributed by atoms with Gasteiger partial charge in [-0.1, -0.05) is 11.6 Å². The van der Waals surface area contributed by atoms with Crippen molar-refractivity contribution < 1.29 is 13.2 Å². The molecule has 4 nitrogen and oxygen atoms in total. The second-order valence-corrected chi connectivity index (χ2v) is 5.78. The van der Waals surface area contributed by atoms with E-state index in [0.29, 0.717) is 5.02 Å². The summed E-state index contributed by atoms with van der Waals surface area (Å²) in [6.07, 6.45) is 1.34. The van der Waals surface area contributed by atoms with E-state index in [2.05, 4.69) is 4.99 Å². The van der Waals surface area contributed by atoms with Crippen LogP contribution in [-0.4, -0.2) is 26.3 Å². The average Bonchev–Trinajstić information content (AvgIpc) is 2.17. The summed E-state index contributed by atoms with van der Waals surface area (Å²) in [5, 5.41) is 0.470. The molecule has 0 saturated heterocycles. The summed E-state index contributed by atoms with van der Waals surface area (Å²) < 4.78 is 23.6. The first-order valence-corrected chi connectivity index (χ1v) is 6.54. The molecule has 1 aromatic rings. The molecular formula is C10H10ClNO3S. The van der Waals surface area contributed by atoms with Gasteiger partial charge in [0.05, 0.1) is 16.7 Å². The first-order chi connectivity index (χ1) is 7.45. The van der Waals surface area contributed by atoms with Crippen LogP contribution in [0.2, 0.25) is 5.02 Å². The van der Waals surface area contributed by atoms with Crippen LogP contribution < -0.4 is 0 Å². The summed E-state index contributed by atoms with van der Waals surface area (Å²) in [5.74, 6) is -0.218. The van der Waals surface area contributed by atoms with E-state index in [0.717, 1.165) is 0 Å². The van der Waals surface area contributed by atoms with Crippen LogP contribution >= 0.6 is 11.6 Å². The fourth-order valence-corrected chi connectivity index (χ4v) is 2.76. The van der Waals surface area contributed by atoms with Crippen LogP contribution in [0.25, 0.3) is 0 Å². The SMILES string of the molecule is CC(CS(=O)(=O)c1ccc(Cl)cc1)N=C=O. The molecule has 0 bridgehead atoms. The van der Waals surface area contributed by atoms with Crippen molar-refractivity contribution in [2.24, 2.45) is 4.99 Å². The van der Waals surface area contributed by atoms with E-state index >= 15 is 0 Å². The summed E-state index contributed by atoms with van der Waals surface area (Å²) in [6.45, 7) is 1.54. The summed E-state index contributed by atoms with van der Waals surface area (Å²) in [4.78, 5) is 13.5. The van der Waals surface area contributed by atoms with Crippen molar-refractivity contribution >= 4 is 27.5 Å². The number of carbonyl (C=O) groups excluding carboxylic acids is 1. The van der Waals surface area contributed by atoms with Gasteiger partial charge in [-0.05, 0) is 31.2 Å². The number of benzene rings is 1. The highest BCUT2D eigenvalue weighted by Gasteiger charge is 2.17. The molecule has 0 heterocycles. The molecule has 0 aliphatic rings. The topological polar surface area (TPSA) is 63.6 Å². The molecule has 0 amide bonds. The van der Waals surface area contributed by atoms with Crippen LogP contribution in [0, 0.1) is 0 Å². The molecule has 1 rings (SSSR count). The van der Waals surface area contributed by atoms with Crippen molar-refractivity contribution in [3.63, 3.8) is 0 Å². The van der Waals surface area contributed by atoms with Gasteiger partial charge in [0.1, 0.15) is 0 Å². The van der Waals surface area contributed by atoms with Gasteiger partial charge in [-0.15, -0.1) is 0 Å². The second-order valence-electron chi connectivity index (χ2n) is 3.30. The van der Waals surface area contributed by atoms with Gasteiger partial charge >= 0.3 is 0 Å². The quantitative estimate of drug-likeness (QED) is 0.612. The van der Waals surface area contributed by atoms with Gasteiger partial charge in [0, 0.05) is 5.02 Å². The maximum Gasteiger partial charge on any atom is 0.235 e. The zero-order chi connectivity index (χ0) is 12.2. The summed E-state index contributed by atoms with van der Waals surface area (Å²) in [6, 6.07) is 5.26. The number of isocyanates is 1. The fourth-order valence-electron chi connectivity index (χ4n) is 1.18. The van der Waals surface area contributed by atoms with Gasteiger partial charge < -0.3 is 0 Å². The highest BCUT2D eigenvalue weighted by Crippen LogP contribution is 2.16. The number of aliphatic imine (C=N–C) groups is 1. The zero-order valence-electron chi connectivity index (χ0n) is 8.55. The van der Waals surface area contributed by atoms with E-state index in [1.807, 2.05) is 0 Å². The van der Waals surface area contributed by atoms with Crippen molar-refractivity contribution in [3.8, 4) is 0 Å². The number of hydrogen-bond acceptors (Lipinski definition) is 4. The van der Waals surface area contributed by atoms with Crippen molar-refractivity contribution in [2.75, 3.05) is 5.75 Å². The Morgan fingerprint density at radius 1 is 1.38 bits per heavy atom. The third-order valence-electron chi connectivity index (χ3n) is 1.91. The normalized spacial score (nSPS) is 12.9. The van der Waals surface area contributed by atoms with Gasteiger partial charge in [-0.3, -0.25) is 0 Å².